The van der Waals surface area contributed by atoms with Gasteiger partial charge in [0.25, 0.3) is 0 Å². The van der Waals surface area contributed by atoms with Crippen molar-refractivity contribution in [2.45, 2.75) is 36.0 Å². The van der Waals surface area contributed by atoms with E-state index in [1.165, 1.54) is 19.1 Å². The van der Waals surface area contributed by atoms with Crippen LogP contribution in [0.3, 0.4) is 0 Å². The zero-order valence-electron chi connectivity index (χ0n) is 11.9. The maximum absolute atomic E-state index is 11.9. The Morgan fingerprint density at radius 3 is 2.00 bits per heavy atom. The minimum Gasteiger partial charge on any atom is -0.299 e. The number of hydrogen-bond acceptors (Lipinski definition) is 5. The van der Waals surface area contributed by atoms with Crippen LogP contribution >= 0.6 is 0 Å². The van der Waals surface area contributed by atoms with E-state index in [2.05, 4.69) is 0 Å². The van der Waals surface area contributed by atoms with Crippen molar-refractivity contribution in [2.24, 2.45) is 0 Å². The zero-order valence-corrected chi connectivity index (χ0v) is 13.5. The van der Waals surface area contributed by atoms with E-state index in [4.69, 9.17) is 0 Å². The number of benzene rings is 1. The van der Waals surface area contributed by atoms with Crippen LogP contribution in [0, 0.1) is 0 Å². The minimum absolute atomic E-state index is 0.0694. The van der Waals surface area contributed by atoms with Crippen molar-refractivity contribution in [1.29, 1.82) is 0 Å². The molecule has 0 saturated carbocycles. The van der Waals surface area contributed by atoms with E-state index in [0.29, 0.717) is 12.0 Å². The summed E-state index contributed by atoms with van der Waals surface area (Å²) in [5.74, 6) is -0.696. The highest BCUT2D eigenvalue weighted by Crippen LogP contribution is 2.29. The van der Waals surface area contributed by atoms with Gasteiger partial charge in [0.05, 0.1) is 9.79 Å². The van der Waals surface area contributed by atoms with E-state index in [1.807, 2.05) is 0 Å². The molecule has 1 aromatic rings. The first-order valence-electron chi connectivity index (χ1n) is 6.03. The molecule has 1 atom stereocenters. The second-order valence-corrected chi connectivity index (χ2v) is 8.82. The Kier molecular flexibility index (Phi) is 4.76. The second-order valence-electron chi connectivity index (χ2n) is 4.82. The maximum Gasteiger partial charge on any atom is 0.175 e. The lowest BCUT2D eigenvalue weighted by Crippen LogP contribution is -2.14. The molecule has 0 bridgehead atoms. The van der Waals surface area contributed by atoms with Gasteiger partial charge in [-0.3, -0.25) is 4.79 Å². The summed E-state index contributed by atoms with van der Waals surface area (Å²) in [4.78, 5) is 11.5. The SMILES string of the molecule is CCC(C(C)=O)c1ccc(S(C)(=O)=O)cc1S(C)(=O)=O. The van der Waals surface area contributed by atoms with Crippen LogP contribution in [-0.4, -0.2) is 35.1 Å². The summed E-state index contributed by atoms with van der Waals surface area (Å²) in [5, 5.41) is 0. The molecule has 0 spiro atoms. The smallest absolute Gasteiger partial charge is 0.175 e. The number of carbonyl (C=O) groups excluding carboxylic acids is 1. The molecular formula is C13H18O5S2. The first-order chi connectivity index (χ1) is 8.98. The van der Waals surface area contributed by atoms with Crippen molar-refractivity contribution in [3.63, 3.8) is 0 Å². The molecule has 1 rings (SSSR count). The van der Waals surface area contributed by atoms with E-state index >= 15 is 0 Å². The summed E-state index contributed by atoms with van der Waals surface area (Å²) in [5.41, 5.74) is 0.356. The van der Waals surface area contributed by atoms with Gasteiger partial charge in [-0.15, -0.1) is 0 Å². The fourth-order valence-electron chi connectivity index (χ4n) is 2.08. The summed E-state index contributed by atoms with van der Waals surface area (Å²) in [6.07, 6.45) is 2.47. The summed E-state index contributed by atoms with van der Waals surface area (Å²) in [6.45, 7) is 3.17. The van der Waals surface area contributed by atoms with Gasteiger partial charge in [-0.25, -0.2) is 16.8 Å². The molecule has 5 nitrogen and oxygen atoms in total. The average molecular weight is 318 g/mol. The van der Waals surface area contributed by atoms with Crippen molar-refractivity contribution >= 4 is 25.5 Å². The predicted octanol–water partition coefficient (Wildman–Crippen LogP) is 1.58. The molecule has 7 heteroatoms. The Labute approximate surface area is 119 Å². The third-order valence-corrected chi connectivity index (χ3v) is 5.35. The Bertz CT molecular complexity index is 730. The third kappa shape index (κ3) is 3.67. The molecular weight excluding hydrogens is 300 g/mol. The largest absolute Gasteiger partial charge is 0.299 e. The van der Waals surface area contributed by atoms with E-state index in [9.17, 15) is 21.6 Å². The van der Waals surface area contributed by atoms with Crippen LogP contribution in [0.25, 0.3) is 0 Å². The van der Waals surface area contributed by atoms with Gasteiger partial charge in [0.1, 0.15) is 5.78 Å². The van der Waals surface area contributed by atoms with E-state index in [1.54, 1.807) is 6.92 Å². The minimum atomic E-state index is -3.62. The molecule has 0 radical (unpaired) electrons. The molecule has 0 aliphatic carbocycles. The van der Waals surface area contributed by atoms with Crippen LogP contribution < -0.4 is 0 Å². The number of Topliss-reactive ketones (excluding diaryl/α,β-unsaturated/α-hetero) is 1. The molecule has 112 valence electrons. The van der Waals surface area contributed by atoms with Gasteiger partial charge in [0.15, 0.2) is 19.7 Å². The molecule has 0 aliphatic rings. The number of hydrogen-bond donors (Lipinski definition) is 0. The average Bonchev–Trinajstić information content (AvgIpc) is 2.26. The summed E-state index contributed by atoms with van der Waals surface area (Å²) < 4.78 is 46.8. The van der Waals surface area contributed by atoms with Gasteiger partial charge < -0.3 is 0 Å². The van der Waals surface area contributed by atoms with Crippen LogP contribution in [0.2, 0.25) is 0 Å². The lowest BCUT2D eigenvalue weighted by atomic mass is 9.93. The molecule has 0 fully saturated rings. The molecule has 0 heterocycles. The van der Waals surface area contributed by atoms with Gasteiger partial charge >= 0.3 is 0 Å². The first kappa shape index (κ1) is 16.8. The standard InChI is InChI=1S/C13H18O5S2/c1-5-11(9(2)14)12-7-6-10(19(3,15)16)8-13(12)20(4,17)18/h6-8,11H,5H2,1-4H3. The van der Waals surface area contributed by atoms with Crippen LogP contribution in [0.5, 0.6) is 0 Å². The first-order valence-corrected chi connectivity index (χ1v) is 9.81. The van der Waals surface area contributed by atoms with Crippen molar-refractivity contribution in [1.82, 2.24) is 0 Å². The second kappa shape index (κ2) is 5.65. The van der Waals surface area contributed by atoms with Crippen molar-refractivity contribution in [3.8, 4) is 0 Å². The van der Waals surface area contributed by atoms with E-state index < -0.39 is 25.6 Å². The van der Waals surface area contributed by atoms with Crippen LogP contribution in [0.1, 0.15) is 31.7 Å². The zero-order chi connectivity index (χ0) is 15.7. The number of ketones is 1. The van der Waals surface area contributed by atoms with Gasteiger partial charge in [0, 0.05) is 18.4 Å². The fourth-order valence-corrected chi connectivity index (χ4v) is 3.78. The number of carbonyl (C=O) groups is 1. The quantitative estimate of drug-likeness (QED) is 0.822. The molecule has 0 N–H and O–H groups in total. The van der Waals surface area contributed by atoms with Gasteiger partial charge in [-0.2, -0.15) is 0 Å². The van der Waals surface area contributed by atoms with Gasteiger partial charge in [0.2, 0.25) is 0 Å². The molecule has 1 aromatic carbocycles. The highest BCUT2D eigenvalue weighted by molar-refractivity contribution is 7.91. The Morgan fingerprint density at radius 2 is 1.65 bits per heavy atom. The molecule has 0 saturated heterocycles. The van der Waals surface area contributed by atoms with Crippen molar-refractivity contribution in [3.05, 3.63) is 23.8 Å². The lowest BCUT2D eigenvalue weighted by Gasteiger charge is -2.16. The highest BCUT2D eigenvalue weighted by Gasteiger charge is 2.24. The van der Waals surface area contributed by atoms with E-state index in [-0.39, 0.29) is 15.6 Å². The van der Waals surface area contributed by atoms with Crippen molar-refractivity contribution in [2.75, 3.05) is 12.5 Å². The summed E-state index contributed by atoms with van der Waals surface area (Å²) >= 11 is 0. The molecule has 20 heavy (non-hydrogen) atoms. The van der Waals surface area contributed by atoms with Gasteiger partial charge in [-0.1, -0.05) is 13.0 Å². The summed E-state index contributed by atoms with van der Waals surface area (Å²) in [6, 6.07) is 3.89. The Hall–Kier alpha value is -1.21. The van der Waals surface area contributed by atoms with E-state index in [0.717, 1.165) is 18.6 Å². The maximum atomic E-state index is 11.9. The van der Waals surface area contributed by atoms with Crippen LogP contribution in [0.4, 0.5) is 0 Å². The van der Waals surface area contributed by atoms with Crippen LogP contribution in [-0.2, 0) is 24.5 Å². The normalized spacial score (nSPS) is 14.0. The topological polar surface area (TPSA) is 85.3 Å². The molecule has 0 aliphatic heterocycles. The van der Waals surface area contributed by atoms with Gasteiger partial charge in [-0.05, 0) is 31.0 Å². The fraction of sp³-hybridized carbons (Fsp3) is 0.462. The van der Waals surface area contributed by atoms with Crippen molar-refractivity contribution < 1.29 is 21.6 Å². The third-order valence-electron chi connectivity index (χ3n) is 3.09. The predicted molar refractivity (Wildman–Crippen MR) is 76.4 cm³/mol. The molecule has 0 amide bonds. The molecule has 0 aromatic heterocycles. The Morgan fingerprint density at radius 1 is 1.10 bits per heavy atom. The molecule has 1 unspecified atom stereocenters. The lowest BCUT2D eigenvalue weighted by molar-refractivity contribution is -0.118. The van der Waals surface area contributed by atoms with Crippen LogP contribution in [0.15, 0.2) is 28.0 Å². The monoisotopic (exact) mass is 318 g/mol. The Balaban J connectivity index is 3.67. The highest BCUT2D eigenvalue weighted by atomic mass is 32.2. The summed E-state index contributed by atoms with van der Waals surface area (Å²) in [7, 11) is -7.13. The number of rotatable bonds is 5. The number of sulfone groups is 2.